The van der Waals surface area contributed by atoms with Crippen molar-refractivity contribution >= 4 is 17.9 Å². The Hall–Kier alpha value is -2.89. The van der Waals surface area contributed by atoms with Crippen LogP contribution in [0.3, 0.4) is 0 Å². The third-order valence-corrected chi connectivity index (χ3v) is 13.5. The molecule has 0 aliphatic rings. The maximum Gasteiger partial charge on any atom is 0.306 e. The monoisotopic (exact) mass is 993 g/mol. The number of hydrogen-bond donors (Lipinski definition) is 0. The van der Waals surface area contributed by atoms with Crippen LogP contribution in [0, 0.1) is 0 Å². The second-order valence-corrected chi connectivity index (χ2v) is 20.6. The van der Waals surface area contributed by atoms with E-state index in [1.54, 1.807) is 0 Å². The summed E-state index contributed by atoms with van der Waals surface area (Å²) < 4.78 is 16.9. The number of hydrogen-bond acceptors (Lipinski definition) is 6. The number of ether oxygens (including phenoxy) is 3. The van der Waals surface area contributed by atoms with Crippen LogP contribution in [0.1, 0.15) is 316 Å². The first-order valence-corrected chi connectivity index (χ1v) is 30.8. The molecule has 1 unspecified atom stereocenters. The van der Waals surface area contributed by atoms with Gasteiger partial charge in [0.05, 0.1) is 0 Å². The molecule has 1 atom stereocenters. The predicted molar refractivity (Wildman–Crippen MR) is 307 cm³/mol. The van der Waals surface area contributed by atoms with Crippen molar-refractivity contribution in [1.29, 1.82) is 0 Å². The van der Waals surface area contributed by atoms with Crippen molar-refractivity contribution in [3.05, 3.63) is 60.8 Å². The van der Waals surface area contributed by atoms with Crippen LogP contribution in [0.2, 0.25) is 0 Å². The van der Waals surface area contributed by atoms with Gasteiger partial charge in [0, 0.05) is 19.3 Å². The molecular weight excluding hydrogens is 877 g/mol. The molecule has 0 aromatic carbocycles. The van der Waals surface area contributed by atoms with Gasteiger partial charge in [0.1, 0.15) is 13.2 Å². The Labute approximate surface area is 440 Å². The molecular formula is C65H116O6. The van der Waals surface area contributed by atoms with E-state index in [4.69, 9.17) is 14.2 Å². The van der Waals surface area contributed by atoms with Crippen LogP contribution in [-0.4, -0.2) is 37.2 Å². The van der Waals surface area contributed by atoms with E-state index in [9.17, 15) is 14.4 Å². The van der Waals surface area contributed by atoms with Gasteiger partial charge >= 0.3 is 17.9 Å². The minimum atomic E-state index is -0.775. The molecule has 0 aliphatic heterocycles. The maximum atomic E-state index is 12.9. The molecule has 0 radical (unpaired) electrons. The van der Waals surface area contributed by atoms with Crippen LogP contribution < -0.4 is 0 Å². The molecule has 412 valence electrons. The van der Waals surface area contributed by atoms with Crippen molar-refractivity contribution in [2.75, 3.05) is 13.2 Å². The molecule has 0 fully saturated rings. The third-order valence-electron chi connectivity index (χ3n) is 13.5. The summed E-state index contributed by atoms with van der Waals surface area (Å²) >= 11 is 0. The third kappa shape index (κ3) is 57.9. The standard InChI is InChI=1S/C65H116O6/c1-4-7-10-13-16-19-22-25-27-28-29-30-31-32-33-34-35-36-38-40-43-46-49-52-55-58-64(67)70-61-62(60-69-63(66)57-54-51-48-45-42-39-24-21-18-15-12-9-6-3)71-65(68)59-56-53-50-47-44-41-37-26-23-20-17-14-11-8-5-2/h7,10,16,19,21,24-25,27,29-30,62H,4-6,8-9,11-15,17-18,20,22-23,26,28,31-61H2,1-3H3/b10-7-,19-16-,24-21-,27-25-,30-29-. The lowest BCUT2D eigenvalue weighted by Gasteiger charge is -2.18. The smallest absolute Gasteiger partial charge is 0.306 e. The molecule has 0 saturated heterocycles. The minimum absolute atomic E-state index is 0.0742. The minimum Gasteiger partial charge on any atom is -0.462 e. The SMILES string of the molecule is CC/C=C\C/C=C\C/C=C\C/C=C\CCCCCCCCCCCCCCC(=O)OCC(COC(=O)CCCCCCC/C=C\CCCCCC)OC(=O)CCCCCCCCCCCCCCCCC. The highest BCUT2D eigenvalue weighted by Crippen LogP contribution is 2.17. The van der Waals surface area contributed by atoms with E-state index < -0.39 is 6.10 Å². The first kappa shape index (κ1) is 68.1. The second kappa shape index (κ2) is 59.7. The Kier molecular flexibility index (Phi) is 57.2. The van der Waals surface area contributed by atoms with E-state index in [1.165, 1.54) is 186 Å². The summed E-state index contributed by atoms with van der Waals surface area (Å²) in [6, 6.07) is 0. The molecule has 0 rings (SSSR count). The van der Waals surface area contributed by atoms with Gasteiger partial charge in [-0.1, -0.05) is 274 Å². The molecule has 0 aromatic rings. The number of carbonyl (C=O) groups excluding carboxylic acids is 3. The van der Waals surface area contributed by atoms with Crippen LogP contribution in [-0.2, 0) is 28.6 Å². The number of carbonyl (C=O) groups is 3. The number of unbranched alkanes of at least 4 members (excludes halogenated alkanes) is 35. The van der Waals surface area contributed by atoms with Crippen molar-refractivity contribution in [2.24, 2.45) is 0 Å². The Balaban J connectivity index is 4.26. The van der Waals surface area contributed by atoms with Crippen molar-refractivity contribution < 1.29 is 28.6 Å². The summed E-state index contributed by atoms with van der Waals surface area (Å²) in [7, 11) is 0. The summed E-state index contributed by atoms with van der Waals surface area (Å²) in [4.78, 5) is 38.2. The van der Waals surface area contributed by atoms with Crippen LogP contribution >= 0.6 is 0 Å². The van der Waals surface area contributed by atoms with E-state index >= 15 is 0 Å². The van der Waals surface area contributed by atoms with E-state index in [0.29, 0.717) is 19.3 Å². The lowest BCUT2D eigenvalue weighted by Crippen LogP contribution is -2.30. The molecule has 0 aliphatic carbocycles. The first-order valence-electron chi connectivity index (χ1n) is 30.8. The molecule has 0 aromatic heterocycles. The molecule has 6 heteroatoms. The molecule has 6 nitrogen and oxygen atoms in total. The van der Waals surface area contributed by atoms with E-state index in [-0.39, 0.29) is 31.1 Å². The number of esters is 3. The Morgan fingerprint density at radius 1 is 0.296 bits per heavy atom. The Morgan fingerprint density at radius 3 is 0.887 bits per heavy atom. The number of allylic oxidation sites excluding steroid dienone is 10. The summed E-state index contributed by atoms with van der Waals surface area (Å²) in [5.41, 5.74) is 0. The molecule has 71 heavy (non-hydrogen) atoms. The van der Waals surface area contributed by atoms with Crippen LogP contribution in [0.5, 0.6) is 0 Å². The molecule has 0 saturated carbocycles. The van der Waals surface area contributed by atoms with Gasteiger partial charge in [0.25, 0.3) is 0 Å². The van der Waals surface area contributed by atoms with Gasteiger partial charge in [-0.3, -0.25) is 14.4 Å². The fraction of sp³-hybridized carbons (Fsp3) is 0.800. The zero-order chi connectivity index (χ0) is 51.4. The van der Waals surface area contributed by atoms with Crippen LogP contribution in [0.4, 0.5) is 0 Å². The fourth-order valence-corrected chi connectivity index (χ4v) is 8.90. The van der Waals surface area contributed by atoms with Crippen molar-refractivity contribution in [1.82, 2.24) is 0 Å². The van der Waals surface area contributed by atoms with Gasteiger partial charge in [-0.2, -0.15) is 0 Å². The highest BCUT2D eigenvalue weighted by atomic mass is 16.6. The lowest BCUT2D eigenvalue weighted by molar-refractivity contribution is -0.167. The highest BCUT2D eigenvalue weighted by molar-refractivity contribution is 5.71. The Bertz CT molecular complexity index is 1280. The topological polar surface area (TPSA) is 78.9 Å². The molecule has 0 spiro atoms. The normalized spacial score (nSPS) is 12.4. The van der Waals surface area contributed by atoms with Crippen LogP contribution in [0.25, 0.3) is 0 Å². The first-order chi connectivity index (χ1) is 35.0. The predicted octanol–water partition coefficient (Wildman–Crippen LogP) is 20.8. The van der Waals surface area contributed by atoms with Crippen molar-refractivity contribution in [3.8, 4) is 0 Å². The van der Waals surface area contributed by atoms with Crippen molar-refractivity contribution in [2.45, 2.75) is 322 Å². The lowest BCUT2D eigenvalue weighted by atomic mass is 10.0. The average Bonchev–Trinajstić information content (AvgIpc) is 3.37. The van der Waals surface area contributed by atoms with E-state index in [1.807, 2.05) is 0 Å². The van der Waals surface area contributed by atoms with Gasteiger partial charge in [-0.05, 0) is 83.5 Å². The summed E-state index contributed by atoms with van der Waals surface area (Å²) in [6.45, 7) is 6.54. The number of rotatable bonds is 56. The summed E-state index contributed by atoms with van der Waals surface area (Å²) in [5.74, 6) is -0.868. The van der Waals surface area contributed by atoms with Crippen LogP contribution in [0.15, 0.2) is 60.8 Å². The summed E-state index contributed by atoms with van der Waals surface area (Å²) in [5, 5.41) is 0. The Morgan fingerprint density at radius 2 is 0.549 bits per heavy atom. The zero-order valence-corrected chi connectivity index (χ0v) is 47.2. The molecule has 0 amide bonds. The average molecular weight is 994 g/mol. The van der Waals surface area contributed by atoms with Gasteiger partial charge in [0.15, 0.2) is 6.10 Å². The van der Waals surface area contributed by atoms with E-state index in [0.717, 1.165) is 89.9 Å². The van der Waals surface area contributed by atoms with Gasteiger partial charge < -0.3 is 14.2 Å². The van der Waals surface area contributed by atoms with Gasteiger partial charge in [0.2, 0.25) is 0 Å². The fourth-order valence-electron chi connectivity index (χ4n) is 8.90. The quantitative estimate of drug-likeness (QED) is 0.0261. The largest absolute Gasteiger partial charge is 0.462 e. The second-order valence-electron chi connectivity index (χ2n) is 20.6. The van der Waals surface area contributed by atoms with Gasteiger partial charge in [-0.15, -0.1) is 0 Å². The van der Waals surface area contributed by atoms with Gasteiger partial charge in [-0.25, -0.2) is 0 Å². The molecule has 0 heterocycles. The maximum absolute atomic E-state index is 12.9. The summed E-state index contributed by atoms with van der Waals surface area (Å²) in [6.07, 6.45) is 75.1. The highest BCUT2D eigenvalue weighted by Gasteiger charge is 2.19. The van der Waals surface area contributed by atoms with E-state index in [2.05, 4.69) is 81.5 Å². The van der Waals surface area contributed by atoms with Crippen molar-refractivity contribution in [3.63, 3.8) is 0 Å². The molecule has 0 N–H and O–H groups in total. The molecule has 0 bridgehead atoms. The zero-order valence-electron chi connectivity index (χ0n) is 47.2.